The van der Waals surface area contributed by atoms with Gasteiger partial charge in [-0.1, -0.05) is 12.1 Å². The normalized spacial score (nSPS) is 11.7. The maximum Gasteiger partial charge on any atom is 0.340 e. The number of anilines is 1. The van der Waals surface area contributed by atoms with Gasteiger partial charge in [-0.25, -0.2) is 13.6 Å². The molecule has 1 atom stereocenters. The molecular formula is C17H15F2NO3S. The van der Waals surface area contributed by atoms with Crippen molar-refractivity contribution >= 4 is 29.3 Å². The van der Waals surface area contributed by atoms with Crippen LogP contribution in [-0.4, -0.2) is 24.2 Å². The van der Waals surface area contributed by atoms with E-state index in [2.05, 4.69) is 5.32 Å². The van der Waals surface area contributed by atoms with Gasteiger partial charge >= 0.3 is 5.97 Å². The maximum atomic E-state index is 13.5. The van der Waals surface area contributed by atoms with Crippen molar-refractivity contribution in [1.29, 1.82) is 0 Å². The van der Waals surface area contributed by atoms with Crippen LogP contribution in [0.15, 0.2) is 47.4 Å². The second-order valence-electron chi connectivity index (χ2n) is 4.86. The van der Waals surface area contributed by atoms with Crippen LogP contribution in [0.4, 0.5) is 14.5 Å². The molecule has 0 aliphatic heterocycles. The third-order valence-electron chi connectivity index (χ3n) is 3.17. The average Bonchev–Trinajstić information content (AvgIpc) is 2.57. The molecule has 2 rings (SSSR count). The zero-order valence-corrected chi connectivity index (χ0v) is 13.8. The predicted octanol–water partition coefficient (Wildman–Crippen LogP) is 3.87. The molecule has 0 heterocycles. The van der Waals surface area contributed by atoms with Crippen molar-refractivity contribution in [2.24, 2.45) is 0 Å². The minimum atomic E-state index is -1.14. The Morgan fingerprint density at radius 1 is 1.17 bits per heavy atom. The molecule has 0 aliphatic rings. The Balaban J connectivity index is 2.04. The molecule has 24 heavy (non-hydrogen) atoms. The minimum absolute atomic E-state index is 0.186. The van der Waals surface area contributed by atoms with E-state index in [1.807, 2.05) is 6.26 Å². The SMILES string of the molecule is CSc1ccccc1C(=O)O[C@@H](C)C(=O)Nc1ccc(F)cc1F. The highest BCUT2D eigenvalue weighted by Gasteiger charge is 2.21. The summed E-state index contributed by atoms with van der Waals surface area (Å²) in [5, 5.41) is 2.26. The van der Waals surface area contributed by atoms with Gasteiger partial charge in [0.15, 0.2) is 6.10 Å². The summed E-state index contributed by atoms with van der Waals surface area (Å²) < 4.78 is 31.5. The molecule has 0 saturated carbocycles. The number of hydrogen-bond acceptors (Lipinski definition) is 4. The molecule has 0 fully saturated rings. The van der Waals surface area contributed by atoms with Crippen LogP contribution < -0.4 is 5.32 Å². The summed E-state index contributed by atoms with van der Waals surface area (Å²) in [7, 11) is 0. The zero-order chi connectivity index (χ0) is 17.7. The highest BCUT2D eigenvalue weighted by molar-refractivity contribution is 7.98. The molecule has 126 valence electrons. The Labute approximate surface area is 142 Å². The first kappa shape index (κ1) is 17.9. The van der Waals surface area contributed by atoms with Crippen molar-refractivity contribution in [1.82, 2.24) is 0 Å². The number of benzene rings is 2. The lowest BCUT2D eigenvalue weighted by Crippen LogP contribution is -2.30. The molecule has 4 nitrogen and oxygen atoms in total. The number of esters is 1. The fourth-order valence-electron chi connectivity index (χ4n) is 1.92. The Hall–Kier alpha value is -2.41. The van der Waals surface area contributed by atoms with Crippen LogP contribution in [0.5, 0.6) is 0 Å². The number of amides is 1. The van der Waals surface area contributed by atoms with Crippen molar-refractivity contribution < 1.29 is 23.1 Å². The third-order valence-corrected chi connectivity index (χ3v) is 3.96. The largest absolute Gasteiger partial charge is 0.449 e. The standard InChI is InChI=1S/C17H15F2NO3S/c1-10(16(21)20-14-8-7-11(18)9-13(14)19)23-17(22)12-5-3-4-6-15(12)24-2/h3-10H,1-2H3,(H,20,21)/t10-/m0/s1. The van der Waals surface area contributed by atoms with Crippen LogP contribution in [0.2, 0.25) is 0 Å². The van der Waals surface area contributed by atoms with Crippen molar-refractivity contribution in [3.8, 4) is 0 Å². The van der Waals surface area contributed by atoms with Gasteiger partial charge in [0.25, 0.3) is 5.91 Å². The van der Waals surface area contributed by atoms with Gasteiger partial charge in [0, 0.05) is 11.0 Å². The monoisotopic (exact) mass is 351 g/mol. The Morgan fingerprint density at radius 3 is 2.54 bits per heavy atom. The van der Waals surface area contributed by atoms with E-state index in [1.165, 1.54) is 18.7 Å². The van der Waals surface area contributed by atoms with Gasteiger partial charge < -0.3 is 10.1 Å². The molecule has 0 saturated heterocycles. The molecule has 0 bridgehead atoms. The van der Waals surface area contributed by atoms with E-state index in [-0.39, 0.29) is 5.69 Å². The Bertz CT molecular complexity index is 767. The lowest BCUT2D eigenvalue weighted by atomic mass is 10.2. The van der Waals surface area contributed by atoms with E-state index >= 15 is 0 Å². The van der Waals surface area contributed by atoms with E-state index in [0.29, 0.717) is 11.6 Å². The lowest BCUT2D eigenvalue weighted by Gasteiger charge is -2.15. The number of hydrogen-bond donors (Lipinski definition) is 1. The Morgan fingerprint density at radius 2 is 1.88 bits per heavy atom. The molecule has 2 aromatic rings. The third kappa shape index (κ3) is 4.32. The number of thioether (sulfide) groups is 1. The van der Waals surface area contributed by atoms with Gasteiger partial charge in [0.2, 0.25) is 0 Å². The van der Waals surface area contributed by atoms with Gasteiger partial charge in [0.05, 0.1) is 11.3 Å². The van der Waals surface area contributed by atoms with Crippen molar-refractivity contribution in [2.75, 3.05) is 11.6 Å². The highest BCUT2D eigenvalue weighted by atomic mass is 32.2. The fourth-order valence-corrected chi connectivity index (χ4v) is 2.50. The molecule has 1 amide bonds. The topological polar surface area (TPSA) is 55.4 Å². The minimum Gasteiger partial charge on any atom is -0.449 e. The number of rotatable bonds is 5. The Kier molecular flexibility index (Phi) is 5.92. The maximum absolute atomic E-state index is 13.5. The van der Waals surface area contributed by atoms with Gasteiger partial charge in [-0.05, 0) is 37.4 Å². The summed E-state index contributed by atoms with van der Waals surface area (Å²) in [6.45, 7) is 1.37. The zero-order valence-electron chi connectivity index (χ0n) is 13.0. The summed E-state index contributed by atoms with van der Waals surface area (Å²) in [6, 6.07) is 9.61. The molecule has 0 aliphatic carbocycles. The first-order valence-corrected chi connectivity index (χ1v) is 8.24. The first-order chi connectivity index (χ1) is 11.4. The van der Waals surface area contributed by atoms with Crippen LogP contribution in [0, 0.1) is 11.6 Å². The highest BCUT2D eigenvalue weighted by Crippen LogP contribution is 2.21. The summed E-state index contributed by atoms with van der Waals surface area (Å²) in [5.41, 5.74) is 0.159. The van der Waals surface area contributed by atoms with E-state index < -0.39 is 29.6 Å². The van der Waals surface area contributed by atoms with Crippen LogP contribution in [0.1, 0.15) is 17.3 Å². The molecule has 0 spiro atoms. The summed E-state index contributed by atoms with van der Waals surface area (Å²) in [4.78, 5) is 24.9. The summed E-state index contributed by atoms with van der Waals surface area (Å²) in [6.07, 6.45) is 0.677. The van der Waals surface area contributed by atoms with Crippen molar-refractivity contribution in [3.63, 3.8) is 0 Å². The number of carbonyl (C=O) groups excluding carboxylic acids is 2. The molecule has 2 aromatic carbocycles. The van der Waals surface area contributed by atoms with E-state index in [9.17, 15) is 18.4 Å². The molecule has 0 unspecified atom stereocenters. The van der Waals surface area contributed by atoms with E-state index in [4.69, 9.17) is 4.74 Å². The second kappa shape index (κ2) is 7.92. The number of ether oxygens (including phenoxy) is 1. The lowest BCUT2D eigenvalue weighted by molar-refractivity contribution is -0.123. The van der Waals surface area contributed by atoms with Gasteiger partial charge in [-0.2, -0.15) is 0 Å². The predicted molar refractivity (Wildman–Crippen MR) is 88.1 cm³/mol. The fraction of sp³-hybridized carbons (Fsp3) is 0.176. The number of nitrogens with one attached hydrogen (secondary N) is 1. The molecule has 0 radical (unpaired) electrons. The average molecular weight is 351 g/mol. The smallest absolute Gasteiger partial charge is 0.340 e. The van der Waals surface area contributed by atoms with Crippen LogP contribution in [0.25, 0.3) is 0 Å². The van der Waals surface area contributed by atoms with Crippen LogP contribution in [-0.2, 0) is 9.53 Å². The molecule has 1 N–H and O–H groups in total. The van der Waals surface area contributed by atoms with Gasteiger partial charge in [-0.3, -0.25) is 4.79 Å². The van der Waals surface area contributed by atoms with Crippen LogP contribution >= 0.6 is 11.8 Å². The summed E-state index contributed by atoms with van der Waals surface area (Å²) >= 11 is 1.38. The summed E-state index contributed by atoms with van der Waals surface area (Å²) in [5.74, 6) is -3.02. The second-order valence-corrected chi connectivity index (χ2v) is 5.71. The van der Waals surface area contributed by atoms with E-state index in [0.717, 1.165) is 17.0 Å². The molecular weight excluding hydrogens is 336 g/mol. The van der Waals surface area contributed by atoms with Crippen molar-refractivity contribution in [3.05, 3.63) is 59.7 Å². The van der Waals surface area contributed by atoms with Crippen molar-refractivity contribution in [2.45, 2.75) is 17.9 Å². The first-order valence-electron chi connectivity index (χ1n) is 7.02. The van der Waals surface area contributed by atoms with Gasteiger partial charge in [0.1, 0.15) is 11.6 Å². The molecule has 7 heteroatoms. The number of carbonyl (C=O) groups is 2. The van der Waals surface area contributed by atoms with E-state index in [1.54, 1.807) is 24.3 Å². The molecule has 0 aromatic heterocycles. The van der Waals surface area contributed by atoms with Crippen LogP contribution in [0.3, 0.4) is 0 Å². The van der Waals surface area contributed by atoms with Gasteiger partial charge in [-0.15, -0.1) is 11.8 Å². The quantitative estimate of drug-likeness (QED) is 0.656. The number of halogens is 2.